The van der Waals surface area contributed by atoms with Gasteiger partial charge in [-0.05, 0) is 31.2 Å². The first-order valence-electron chi connectivity index (χ1n) is 10.1. The van der Waals surface area contributed by atoms with Gasteiger partial charge in [0.1, 0.15) is 11.5 Å². The van der Waals surface area contributed by atoms with Crippen molar-refractivity contribution in [1.29, 1.82) is 0 Å². The van der Waals surface area contributed by atoms with Crippen molar-refractivity contribution in [3.05, 3.63) is 54.0 Å². The van der Waals surface area contributed by atoms with Crippen LogP contribution in [-0.4, -0.2) is 53.3 Å². The molecule has 2 N–H and O–H groups in total. The maximum absolute atomic E-state index is 15.4. The molecule has 1 aliphatic rings. The van der Waals surface area contributed by atoms with Crippen molar-refractivity contribution in [2.24, 2.45) is 0 Å². The Morgan fingerprint density at radius 2 is 1.94 bits per heavy atom. The summed E-state index contributed by atoms with van der Waals surface area (Å²) in [6.07, 6.45) is 2.71. The predicted octanol–water partition coefficient (Wildman–Crippen LogP) is 3.31. The van der Waals surface area contributed by atoms with Gasteiger partial charge >= 0.3 is 0 Å². The van der Waals surface area contributed by atoms with E-state index in [1.54, 1.807) is 30.2 Å². The van der Waals surface area contributed by atoms with Gasteiger partial charge in [0.2, 0.25) is 17.6 Å². The minimum Gasteiger partial charge on any atom is -0.480 e. The lowest BCUT2D eigenvalue weighted by Crippen LogP contribution is -2.37. The summed E-state index contributed by atoms with van der Waals surface area (Å²) in [4.78, 5) is 18.7. The molecule has 0 amide bonds. The first-order chi connectivity index (χ1) is 15.5. The third-order valence-corrected chi connectivity index (χ3v) is 4.90. The Labute approximate surface area is 183 Å². The van der Waals surface area contributed by atoms with E-state index in [4.69, 9.17) is 9.47 Å². The second-order valence-corrected chi connectivity index (χ2v) is 7.09. The molecule has 3 aromatic rings. The van der Waals surface area contributed by atoms with Gasteiger partial charge in [-0.1, -0.05) is 0 Å². The molecular weight excluding hydrogens is 420 g/mol. The van der Waals surface area contributed by atoms with Gasteiger partial charge in [-0.15, -0.1) is 0 Å². The molecule has 1 fully saturated rings. The molecule has 0 saturated carbocycles. The summed E-state index contributed by atoms with van der Waals surface area (Å²) < 4.78 is 39.3. The van der Waals surface area contributed by atoms with Crippen LogP contribution >= 0.6 is 0 Å². The van der Waals surface area contributed by atoms with Crippen molar-refractivity contribution < 1.29 is 18.3 Å². The van der Waals surface area contributed by atoms with E-state index in [0.717, 1.165) is 6.20 Å². The molecule has 0 bridgehead atoms. The zero-order valence-electron chi connectivity index (χ0n) is 17.7. The number of ether oxygens (including phenoxy) is 2. The lowest BCUT2D eigenvalue weighted by molar-refractivity contribution is 0.122. The summed E-state index contributed by atoms with van der Waals surface area (Å²) >= 11 is 0. The van der Waals surface area contributed by atoms with Crippen LogP contribution in [0.2, 0.25) is 0 Å². The number of rotatable bonds is 7. The third-order valence-electron chi connectivity index (χ3n) is 4.90. The molecule has 1 saturated heterocycles. The quantitative estimate of drug-likeness (QED) is 0.570. The van der Waals surface area contributed by atoms with Crippen LogP contribution in [0, 0.1) is 11.6 Å². The van der Waals surface area contributed by atoms with E-state index in [9.17, 15) is 4.39 Å². The molecule has 1 atom stereocenters. The van der Waals surface area contributed by atoms with Gasteiger partial charge in [0.05, 0.1) is 38.3 Å². The predicted molar refractivity (Wildman–Crippen MR) is 115 cm³/mol. The molecule has 0 aliphatic carbocycles. The Kier molecular flexibility index (Phi) is 6.55. The van der Waals surface area contributed by atoms with E-state index in [-0.39, 0.29) is 17.6 Å². The number of nitrogens with one attached hydrogen (secondary N) is 2. The molecule has 0 spiro atoms. The van der Waals surface area contributed by atoms with Crippen LogP contribution in [0.25, 0.3) is 0 Å². The third kappa shape index (κ3) is 4.83. The molecule has 168 valence electrons. The van der Waals surface area contributed by atoms with Crippen LogP contribution in [0.3, 0.4) is 0 Å². The number of pyridine rings is 2. The van der Waals surface area contributed by atoms with Gasteiger partial charge in [0.25, 0.3) is 0 Å². The zero-order valence-corrected chi connectivity index (χ0v) is 17.7. The molecule has 4 rings (SSSR count). The summed E-state index contributed by atoms with van der Waals surface area (Å²) in [5.41, 5.74) is 1.08. The van der Waals surface area contributed by atoms with E-state index >= 15 is 4.39 Å². The highest BCUT2D eigenvalue weighted by Crippen LogP contribution is 2.30. The average Bonchev–Trinajstić information content (AvgIpc) is 2.82. The van der Waals surface area contributed by atoms with Crippen molar-refractivity contribution in [3.63, 3.8) is 0 Å². The number of halogens is 2. The standard InChI is InChI=1S/C21H23F2N7O2/c1-13(15-6-5-14(22)12-25-15)26-18-17(23)19(30-8-10-32-11-9-30)29-21(28-18)27-16-4-3-7-24-20(16)31-2/h3-7,12-13H,8-11H2,1-2H3,(H2,26,27,28,29)/t13-/m0/s1. The highest BCUT2D eigenvalue weighted by molar-refractivity contribution is 5.63. The maximum Gasteiger partial charge on any atom is 0.237 e. The highest BCUT2D eigenvalue weighted by Gasteiger charge is 2.23. The topological polar surface area (TPSA) is 97.3 Å². The Bertz CT molecular complexity index is 1060. The molecule has 0 aromatic carbocycles. The summed E-state index contributed by atoms with van der Waals surface area (Å²) in [7, 11) is 1.50. The van der Waals surface area contributed by atoms with Gasteiger partial charge in [0, 0.05) is 19.3 Å². The summed E-state index contributed by atoms with van der Waals surface area (Å²) in [6, 6.07) is 5.90. The summed E-state index contributed by atoms with van der Waals surface area (Å²) in [5, 5.41) is 6.08. The van der Waals surface area contributed by atoms with Gasteiger partial charge < -0.3 is 25.0 Å². The summed E-state index contributed by atoms with van der Waals surface area (Å²) in [5.74, 6) is -0.376. The number of aromatic nitrogens is 4. The fourth-order valence-corrected chi connectivity index (χ4v) is 3.26. The Morgan fingerprint density at radius 3 is 2.66 bits per heavy atom. The fraction of sp³-hybridized carbons (Fsp3) is 0.333. The minimum absolute atomic E-state index is 0.00882. The van der Waals surface area contributed by atoms with Crippen LogP contribution in [0.4, 0.5) is 32.1 Å². The van der Waals surface area contributed by atoms with E-state index < -0.39 is 17.7 Å². The number of hydrogen-bond acceptors (Lipinski definition) is 9. The molecule has 1 aliphatic heterocycles. The number of morpholine rings is 1. The maximum atomic E-state index is 15.4. The van der Waals surface area contributed by atoms with Crippen LogP contribution < -0.4 is 20.3 Å². The Hall–Kier alpha value is -3.60. The smallest absolute Gasteiger partial charge is 0.237 e. The number of hydrogen-bond donors (Lipinski definition) is 2. The van der Waals surface area contributed by atoms with Crippen LogP contribution in [0.1, 0.15) is 18.7 Å². The molecule has 0 radical (unpaired) electrons. The molecule has 4 heterocycles. The lowest BCUT2D eigenvalue weighted by Gasteiger charge is -2.29. The van der Waals surface area contributed by atoms with Crippen LogP contribution in [-0.2, 0) is 4.74 Å². The van der Waals surface area contributed by atoms with Crippen molar-refractivity contribution in [2.45, 2.75) is 13.0 Å². The number of methoxy groups -OCH3 is 1. The lowest BCUT2D eigenvalue weighted by atomic mass is 10.2. The van der Waals surface area contributed by atoms with Gasteiger partial charge in [-0.25, -0.2) is 9.37 Å². The Balaban J connectivity index is 1.68. The number of nitrogens with zero attached hydrogens (tertiary/aromatic N) is 5. The van der Waals surface area contributed by atoms with Crippen LogP contribution in [0.5, 0.6) is 5.88 Å². The average molecular weight is 443 g/mol. The van der Waals surface area contributed by atoms with E-state index in [1.165, 1.54) is 19.2 Å². The molecule has 0 unspecified atom stereocenters. The van der Waals surface area contributed by atoms with Crippen molar-refractivity contribution >= 4 is 23.3 Å². The summed E-state index contributed by atoms with van der Waals surface area (Å²) in [6.45, 7) is 3.73. The fourth-order valence-electron chi connectivity index (χ4n) is 3.26. The Morgan fingerprint density at radius 1 is 1.12 bits per heavy atom. The monoisotopic (exact) mass is 443 g/mol. The second kappa shape index (κ2) is 9.69. The van der Waals surface area contributed by atoms with Gasteiger partial charge in [-0.3, -0.25) is 4.98 Å². The largest absolute Gasteiger partial charge is 0.480 e. The molecule has 9 nitrogen and oxygen atoms in total. The van der Waals surface area contributed by atoms with Crippen molar-refractivity contribution in [1.82, 2.24) is 19.9 Å². The van der Waals surface area contributed by atoms with Gasteiger partial charge in [0.15, 0.2) is 11.6 Å². The first kappa shape index (κ1) is 21.6. The van der Waals surface area contributed by atoms with Crippen LogP contribution in [0.15, 0.2) is 36.7 Å². The molecule has 32 heavy (non-hydrogen) atoms. The van der Waals surface area contributed by atoms with E-state index in [0.29, 0.717) is 43.6 Å². The second-order valence-electron chi connectivity index (χ2n) is 7.09. The number of anilines is 4. The molecule has 11 heteroatoms. The van der Waals surface area contributed by atoms with E-state index in [2.05, 4.69) is 30.6 Å². The van der Waals surface area contributed by atoms with Crippen molar-refractivity contribution in [2.75, 3.05) is 48.9 Å². The first-order valence-corrected chi connectivity index (χ1v) is 10.1. The minimum atomic E-state index is -0.593. The molecular formula is C21H23F2N7O2. The van der Waals surface area contributed by atoms with Gasteiger partial charge in [-0.2, -0.15) is 14.4 Å². The zero-order chi connectivity index (χ0) is 22.5. The van der Waals surface area contributed by atoms with E-state index in [1.807, 2.05) is 0 Å². The normalized spacial score (nSPS) is 14.7. The van der Waals surface area contributed by atoms with Crippen molar-refractivity contribution in [3.8, 4) is 5.88 Å². The SMILES string of the molecule is COc1ncccc1Nc1nc(N[C@@H](C)c2ccc(F)cn2)c(F)c(N2CCOCC2)n1. The highest BCUT2D eigenvalue weighted by atomic mass is 19.1. The molecule has 3 aromatic heterocycles.